The van der Waals surface area contributed by atoms with Gasteiger partial charge in [0, 0.05) is 10.5 Å². The second-order valence-electron chi connectivity index (χ2n) is 3.51. The lowest BCUT2D eigenvalue weighted by atomic mass is 10.4. The summed E-state index contributed by atoms with van der Waals surface area (Å²) in [6.07, 6.45) is 0. The highest BCUT2D eigenvalue weighted by molar-refractivity contribution is 8.43. The van der Waals surface area contributed by atoms with Crippen LogP contribution in [-0.2, 0) is 0 Å². The molecule has 0 N–H and O–H groups in total. The van der Waals surface area contributed by atoms with Gasteiger partial charge in [0.25, 0.3) is 0 Å². The SMILES string of the molecule is C[C@@H]1SC2=C(SC(=C3SC=CS3)S2)S[C@H]1C. The first-order valence-electron chi connectivity index (χ1n) is 4.90. The van der Waals surface area contributed by atoms with Crippen LogP contribution in [0, 0.1) is 0 Å². The molecule has 3 aliphatic heterocycles. The lowest BCUT2D eigenvalue weighted by molar-refractivity contribution is 0.931. The summed E-state index contributed by atoms with van der Waals surface area (Å²) < 4.78 is 6.03. The molecule has 2 atom stereocenters. The molecule has 0 radical (unpaired) electrons. The Labute approximate surface area is 122 Å². The summed E-state index contributed by atoms with van der Waals surface area (Å²) in [6, 6.07) is 0. The Morgan fingerprint density at radius 1 is 0.750 bits per heavy atom. The molecule has 0 aromatic heterocycles. The molecule has 0 aliphatic carbocycles. The lowest BCUT2D eigenvalue weighted by Gasteiger charge is -2.24. The number of hydrogen-bond donors (Lipinski definition) is 0. The average Bonchev–Trinajstić information content (AvgIpc) is 2.86. The van der Waals surface area contributed by atoms with E-state index in [-0.39, 0.29) is 0 Å². The smallest absolute Gasteiger partial charge is 0.0717 e. The Hall–Kier alpha value is 1.32. The van der Waals surface area contributed by atoms with Crippen molar-refractivity contribution < 1.29 is 0 Å². The van der Waals surface area contributed by atoms with E-state index in [1.54, 1.807) is 0 Å². The zero-order valence-electron chi connectivity index (χ0n) is 8.76. The van der Waals surface area contributed by atoms with Crippen molar-refractivity contribution in [3.8, 4) is 0 Å². The highest BCUT2D eigenvalue weighted by Crippen LogP contribution is 2.65. The van der Waals surface area contributed by atoms with Crippen molar-refractivity contribution in [1.82, 2.24) is 0 Å². The van der Waals surface area contributed by atoms with E-state index >= 15 is 0 Å². The van der Waals surface area contributed by atoms with Crippen LogP contribution in [-0.4, -0.2) is 10.5 Å². The van der Waals surface area contributed by atoms with E-state index in [2.05, 4.69) is 48.2 Å². The second-order valence-corrected chi connectivity index (χ2v) is 11.2. The van der Waals surface area contributed by atoms with Crippen LogP contribution < -0.4 is 0 Å². The first-order valence-corrected chi connectivity index (χ1v) is 10.0. The predicted octanol–water partition coefficient (Wildman–Crippen LogP) is 5.93. The van der Waals surface area contributed by atoms with E-state index in [0.29, 0.717) is 0 Å². The third-order valence-corrected chi connectivity index (χ3v) is 11.2. The van der Waals surface area contributed by atoms with Crippen LogP contribution in [0.1, 0.15) is 13.8 Å². The fourth-order valence-corrected chi connectivity index (χ4v) is 9.96. The first-order chi connectivity index (χ1) is 7.74. The van der Waals surface area contributed by atoms with Crippen molar-refractivity contribution in [3.63, 3.8) is 0 Å². The van der Waals surface area contributed by atoms with Gasteiger partial charge in [-0.2, -0.15) is 0 Å². The second kappa shape index (κ2) is 5.13. The normalized spacial score (nSPS) is 33.9. The van der Waals surface area contributed by atoms with Crippen molar-refractivity contribution >= 4 is 70.6 Å². The minimum absolute atomic E-state index is 0.739. The lowest BCUT2D eigenvalue weighted by Crippen LogP contribution is -2.14. The minimum Gasteiger partial charge on any atom is -0.113 e. The van der Waals surface area contributed by atoms with Crippen LogP contribution in [0.4, 0.5) is 0 Å². The molecule has 0 bridgehead atoms. The summed E-state index contributed by atoms with van der Waals surface area (Å²) in [5, 5.41) is 5.83. The Morgan fingerprint density at radius 2 is 1.25 bits per heavy atom. The minimum atomic E-state index is 0.739. The highest BCUT2D eigenvalue weighted by Gasteiger charge is 2.33. The molecule has 3 aliphatic rings. The maximum atomic E-state index is 2.34. The quantitative estimate of drug-likeness (QED) is 0.538. The van der Waals surface area contributed by atoms with Crippen LogP contribution >= 0.6 is 70.6 Å². The molecule has 0 aromatic carbocycles. The molecule has 0 nitrogen and oxygen atoms in total. The average molecular weight is 323 g/mol. The maximum Gasteiger partial charge on any atom is 0.0717 e. The molecule has 86 valence electrons. The fraction of sp³-hybridized carbons (Fsp3) is 0.400. The number of rotatable bonds is 0. The van der Waals surface area contributed by atoms with Crippen molar-refractivity contribution in [2.24, 2.45) is 0 Å². The van der Waals surface area contributed by atoms with E-state index in [1.807, 2.05) is 47.0 Å². The molecule has 0 spiro atoms. The Balaban J connectivity index is 1.79. The van der Waals surface area contributed by atoms with Crippen molar-refractivity contribution in [1.29, 1.82) is 0 Å². The van der Waals surface area contributed by atoms with Gasteiger partial charge in [-0.25, -0.2) is 0 Å². The van der Waals surface area contributed by atoms with Gasteiger partial charge in [0.15, 0.2) is 0 Å². The predicted molar refractivity (Wildman–Crippen MR) is 87.7 cm³/mol. The van der Waals surface area contributed by atoms with Gasteiger partial charge in [0.05, 0.1) is 16.9 Å². The molecule has 16 heavy (non-hydrogen) atoms. The Morgan fingerprint density at radius 3 is 1.75 bits per heavy atom. The van der Waals surface area contributed by atoms with E-state index in [1.165, 1.54) is 16.9 Å². The van der Waals surface area contributed by atoms with Gasteiger partial charge >= 0.3 is 0 Å². The topological polar surface area (TPSA) is 0 Å². The fourth-order valence-electron chi connectivity index (χ4n) is 1.33. The number of thioether (sulfide) groups is 6. The van der Waals surface area contributed by atoms with Crippen molar-refractivity contribution in [2.75, 3.05) is 0 Å². The van der Waals surface area contributed by atoms with Crippen molar-refractivity contribution in [3.05, 3.63) is 27.8 Å². The van der Waals surface area contributed by atoms with Crippen LogP contribution in [0.2, 0.25) is 0 Å². The highest BCUT2D eigenvalue weighted by atomic mass is 32.3. The zero-order chi connectivity index (χ0) is 11.1. The molecule has 6 heteroatoms. The third kappa shape index (κ3) is 2.38. The standard InChI is InChI=1S/C10H10S6/c1-5-6(2)14-10-9(13-5)15-8(16-10)7-11-3-4-12-7/h3-6H,1-2H3/t5-,6-/m0/s1. The van der Waals surface area contributed by atoms with E-state index < -0.39 is 0 Å². The molecule has 0 aromatic rings. The molecular formula is C10H10S6. The van der Waals surface area contributed by atoms with E-state index in [0.717, 1.165) is 10.5 Å². The zero-order valence-corrected chi connectivity index (χ0v) is 13.7. The van der Waals surface area contributed by atoms with Gasteiger partial charge in [0.2, 0.25) is 0 Å². The summed E-state index contributed by atoms with van der Waals surface area (Å²) in [6.45, 7) is 4.67. The maximum absolute atomic E-state index is 2.34. The largest absolute Gasteiger partial charge is 0.113 e. The molecule has 3 rings (SSSR count). The molecule has 0 saturated carbocycles. The van der Waals surface area contributed by atoms with E-state index in [9.17, 15) is 0 Å². The van der Waals surface area contributed by atoms with Gasteiger partial charge in [-0.15, -0.1) is 23.5 Å². The van der Waals surface area contributed by atoms with Crippen LogP contribution in [0.25, 0.3) is 0 Å². The summed E-state index contributed by atoms with van der Waals surface area (Å²) in [5.74, 6) is 0. The monoisotopic (exact) mass is 322 g/mol. The van der Waals surface area contributed by atoms with Crippen LogP contribution in [0.5, 0.6) is 0 Å². The molecule has 0 unspecified atom stereocenters. The Kier molecular flexibility index (Phi) is 3.96. The molecule has 0 saturated heterocycles. The summed E-state index contributed by atoms with van der Waals surface area (Å²) in [7, 11) is 0. The van der Waals surface area contributed by atoms with Gasteiger partial charge < -0.3 is 0 Å². The van der Waals surface area contributed by atoms with E-state index in [4.69, 9.17) is 0 Å². The summed E-state index contributed by atoms with van der Waals surface area (Å²) in [4.78, 5) is 0. The molecule has 0 fully saturated rings. The Bertz CT molecular complexity index is 374. The summed E-state index contributed by atoms with van der Waals surface area (Å²) in [5.41, 5.74) is 0. The van der Waals surface area contributed by atoms with Crippen molar-refractivity contribution in [2.45, 2.75) is 24.3 Å². The van der Waals surface area contributed by atoms with Gasteiger partial charge in [0.1, 0.15) is 0 Å². The van der Waals surface area contributed by atoms with Crippen LogP contribution in [0.3, 0.4) is 0 Å². The van der Waals surface area contributed by atoms with Gasteiger partial charge in [-0.3, -0.25) is 0 Å². The van der Waals surface area contributed by atoms with Gasteiger partial charge in [-0.1, -0.05) is 60.9 Å². The van der Waals surface area contributed by atoms with Crippen LogP contribution in [0.15, 0.2) is 27.8 Å². The number of hydrogen-bond acceptors (Lipinski definition) is 6. The third-order valence-electron chi connectivity index (χ3n) is 2.36. The van der Waals surface area contributed by atoms with Gasteiger partial charge in [-0.05, 0) is 10.8 Å². The molecule has 0 amide bonds. The molecule has 3 heterocycles. The first kappa shape index (κ1) is 12.4. The summed E-state index contributed by atoms with van der Waals surface area (Å²) >= 11 is 11.8. The molecular weight excluding hydrogens is 313 g/mol.